The minimum absolute atomic E-state index is 0.184. The number of aromatic amines is 2. The molecule has 1 aliphatic rings. The number of H-pyrrole nitrogens is 2. The van der Waals surface area contributed by atoms with Gasteiger partial charge in [0, 0.05) is 58.6 Å². The minimum Gasteiger partial charge on any atom is -0.489 e. The monoisotopic (exact) mass is 591 g/mol. The summed E-state index contributed by atoms with van der Waals surface area (Å²) in [6, 6.07) is 12.9. The maximum absolute atomic E-state index is 14.7. The maximum Gasteiger partial charge on any atom is 0.138 e. The van der Waals surface area contributed by atoms with E-state index in [1.54, 1.807) is 24.8 Å². The zero-order valence-electron chi connectivity index (χ0n) is 24.7. The predicted molar refractivity (Wildman–Crippen MR) is 171 cm³/mol. The second-order valence-corrected chi connectivity index (χ2v) is 11.4. The number of pyridine rings is 3. The molecule has 0 atom stereocenters. The minimum atomic E-state index is -0.317. The molecule has 1 aromatic carbocycles. The van der Waals surface area contributed by atoms with Gasteiger partial charge in [-0.1, -0.05) is 0 Å². The molecule has 0 spiro atoms. The number of ether oxygens (including phenoxy) is 1. The number of nitrogens with one attached hydrogen (secondary N) is 4. The highest BCUT2D eigenvalue weighted by atomic mass is 19.1. The maximum atomic E-state index is 14.7. The molecule has 11 heteroatoms. The lowest BCUT2D eigenvalue weighted by atomic mass is 10.1. The Kier molecular flexibility index (Phi) is 7.63. The molecular formula is C33H34FN9O. The first-order valence-electron chi connectivity index (χ1n) is 14.8. The fourth-order valence-corrected chi connectivity index (χ4v) is 5.67. The smallest absolute Gasteiger partial charge is 0.138 e. The SMILES string of the molecule is CN(C)CCNc1cc(F)cc(-c2nccc3[nH]c(-c4n[nH]c5cnc(-c6cncc(OC7CCNCC7)c6)cc45)cc23)c1. The molecule has 224 valence electrons. The van der Waals surface area contributed by atoms with E-state index in [2.05, 4.69) is 45.7 Å². The van der Waals surface area contributed by atoms with Gasteiger partial charge in [0.05, 0.1) is 35.0 Å². The number of rotatable bonds is 9. The lowest BCUT2D eigenvalue weighted by molar-refractivity contribution is 0.162. The molecule has 0 bridgehead atoms. The van der Waals surface area contributed by atoms with Gasteiger partial charge in [0.2, 0.25) is 0 Å². The van der Waals surface area contributed by atoms with Crippen molar-refractivity contribution < 1.29 is 9.13 Å². The molecule has 0 saturated carbocycles. The summed E-state index contributed by atoms with van der Waals surface area (Å²) in [5.41, 5.74) is 7.03. The third-order valence-electron chi connectivity index (χ3n) is 7.91. The topological polar surface area (TPSA) is 120 Å². The van der Waals surface area contributed by atoms with Crippen molar-refractivity contribution in [2.45, 2.75) is 18.9 Å². The zero-order chi connectivity index (χ0) is 30.0. The van der Waals surface area contributed by atoms with E-state index < -0.39 is 0 Å². The van der Waals surface area contributed by atoms with Crippen molar-refractivity contribution in [3.05, 3.63) is 73.1 Å². The van der Waals surface area contributed by atoms with Crippen LogP contribution < -0.4 is 15.4 Å². The molecule has 1 saturated heterocycles. The first-order valence-corrected chi connectivity index (χ1v) is 14.8. The molecule has 1 aliphatic heterocycles. The Labute approximate surface area is 254 Å². The van der Waals surface area contributed by atoms with Gasteiger partial charge in [-0.25, -0.2) is 4.39 Å². The van der Waals surface area contributed by atoms with Gasteiger partial charge < -0.3 is 25.3 Å². The van der Waals surface area contributed by atoms with Crippen LogP contribution in [0.5, 0.6) is 5.75 Å². The normalized spacial score (nSPS) is 14.1. The highest BCUT2D eigenvalue weighted by molar-refractivity contribution is 6.00. The quantitative estimate of drug-likeness (QED) is 0.175. The van der Waals surface area contributed by atoms with Crippen molar-refractivity contribution in [2.75, 3.05) is 45.6 Å². The van der Waals surface area contributed by atoms with E-state index in [1.807, 2.05) is 44.4 Å². The Morgan fingerprint density at radius 3 is 2.66 bits per heavy atom. The number of hydrogen-bond acceptors (Lipinski definition) is 8. The third kappa shape index (κ3) is 5.84. The first-order chi connectivity index (χ1) is 21.5. The lowest BCUT2D eigenvalue weighted by Crippen LogP contribution is -2.34. The van der Waals surface area contributed by atoms with Crippen LogP contribution in [0.2, 0.25) is 0 Å². The summed E-state index contributed by atoms with van der Waals surface area (Å²) < 4.78 is 20.9. The van der Waals surface area contributed by atoms with Gasteiger partial charge in [0.1, 0.15) is 23.4 Å². The zero-order valence-corrected chi connectivity index (χ0v) is 24.7. The number of halogens is 1. The molecule has 6 heterocycles. The van der Waals surface area contributed by atoms with Crippen molar-refractivity contribution in [3.8, 4) is 39.7 Å². The molecule has 0 radical (unpaired) electrons. The molecule has 0 unspecified atom stereocenters. The molecule has 1 fully saturated rings. The van der Waals surface area contributed by atoms with Crippen LogP contribution >= 0.6 is 0 Å². The van der Waals surface area contributed by atoms with Crippen molar-refractivity contribution in [2.24, 2.45) is 0 Å². The molecule has 7 rings (SSSR count). The number of benzene rings is 1. The highest BCUT2D eigenvalue weighted by Crippen LogP contribution is 2.35. The summed E-state index contributed by atoms with van der Waals surface area (Å²) in [6.45, 7) is 3.46. The number of piperidine rings is 1. The molecule has 10 nitrogen and oxygen atoms in total. The second kappa shape index (κ2) is 12.0. The summed E-state index contributed by atoms with van der Waals surface area (Å²) in [5, 5.41) is 16.2. The van der Waals surface area contributed by atoms with Gasteiger partial charge in [-0.2, -0.15) is 5.10 Å². The number of aromatic nitrogens is 6. The van der Waals surface area contributed by atoms with Gasteiger partial charge in [-0.15, -0.1) is 0 Å². The van der Waals surface area contributed by atoms with Crippen LogP contribution in [0, 0.1) is 5.82 Å². The Balaban J connectivity index is 1.21. The Morgan fingerprint density at radius 2 is 1.80 bits per heavy atom. The summed E-state index contributed by atoms with van der Waals surface area (Å²) >= 11 is 0. The van der Waals surface area contributed by atoms with Gasteiger partial charge >= 0.3 is 0 Å². The van der Waals surface area contributed by atoms with Gasteiger partial charge in [-0.05, 0) is 82.5 Å². The Morgan fingerprint density at radius 1 is 0.932 bits per heavy atom. The van der Waals surface area contributed by atoms with E-state index in [0.717, 1.165) is 88.4 Å². The van der Waals surface area contributed by atoms with Crippen LogP contribution in [-0.2, 0) is 0 Å². The molecular weight excluding hydrogens is 557 g/mol. The van der Waals surface area contributed by atoms with Crippen molar-refractivity contribution in [3.63, 3.8) is 0 Å². The van der Waals surface area contributed by atoms with Gasteiger partial charge in [0.25, 0.3) is 0 Å². The fourth-order valence-electron chi connectivity index (χ4n) is 5.67. The average Bonchev–Trinajstić information content (AvgIpc) is 3.65. The fraction of sp³-hybridized carbons (Fsp3) is 0.273. The van der Waals surface area contributed by atoms with Crippen LogP contribution in [0.1, 0.15) is 12.8 Å². The van der Waals surface area contributed by atoms with E-state index in [-0.39, 0.29) is 11.9 Å². The number of fused-ring (bicyclic) bond motifs is 2. The van der Waals surface area contributed by atoms with Crippen molar-refractivity contribution in [1.29, 1.82) is 0 Å². The van der Waals surface area contributed by atoms with Crippen LogP contribution in [0.4, 0.5) is 10.1 Å². The molecule has 6 aromatic rings. The van der Waals surface area contributed by atoms with E-state index in [1.165, 1.54) is 12.1 Å². The largest absolute Gasteiger partial charge is 0.489 e. The van der Waals surface area contributed by atoms with Crippen LogP contribution in [0.3, 0.4) is 0 Å². The second-order valence-electron chi connectivity index (χ2n) is 11.4. The number of hydrogen-bond donors (Lipinski definition) is 4. The van der Waals surface area contributed by atoms with Crippen LogP contribution in [0.25, 0.3) is 55.7 Å². The predicted octanol–water partition coefficient (Wildman–Crippen LogP) is 5.47. The molecule has 5 aromatic heterocycles. The van der Waals surface area contributed by atoms with Crippen molar-refractivity contribution in [1.82, 2.24) is 40.3 Å². The van der Waals surface area contributed by atoms with Gasteiger partial charge in [0.15, 0.2) is 0 Å². The van der Waals surface area contributed by atoms with Gasteiger partial charge in [-0.3, -0.25) is 20.1 Å². The number of nitrogens with zero attached hydrogens (tertiary/aromatic N) is 5. The summed E-state index contributed by atoms with van der Waals surface area (Å²) in [5.74, 6) is 0.426. The third-order valence-corrected chi connectivity index (χ3v) is 7.91. The average molecular weight is 592 g/mol. The van der Waals surface area contributed by atoms with Crippen LogP contribution in [0.15, 0.2) is 67.3 Å². The molecule has 4 N–H and O–H groups in total. The summed E-state index contributed by atoms with van der Waals surface area (Å²) in [6.07, 6.45) is 9.21. The Hall–Kier alpha value is -4.87. The van der Waals surface area contributed by atoms with E-state index >= 15 is 0 Å². The number of likely N-dealkylation sites (N-methyl/N-ethyl adjacent to an activating group) is 1. The highest BCUT2D eigenvalue weighted by Gasteiger charge is 2.18. The van der Waals surface area contributed by atoms with Crippen LogP contribution in [-0.4, -0.2) is 81.4 Å². The molecule has 0 aliphatic carbocycles. The first kappa shape index (κ1) is 27.9. The summed E-state index contributed by atoms with van der Waals surface area (Å²) in [4.78, 5) is 19.3. The summed E-state index contributed by atoms with van der Waals surface area (Å²) in [7, 11) is 4.01. The van der Waals surface area contributed by atoms with E-state index in [9.17, 15) is 4.39 Å². The standard InChI is InChI=1S/C33H34FN9O/c1-43(2)10-9-37-23-12-20(11-22(34)14-23)32-26-16-30(40-28(26)5-8-38-32)33-27-15-29(39-19-31(27)41-42-33)21-13-25(18-36-17-21)44-24-3-6-35-7-4-24/h5,8,11-19,24,35,37,40H,3-4,6-7,9-10H2,1-2H3,(H,41,42). The lowest BCUT2D eigenvalue weighted by Gasteiger charge is -2.23. The van der Waals surface area contributed by atoms with E-state index in [4.69, 9.17) is 4.74 Å². The molecule has 44 heavy (non-hydrogen) atoms. The molecule has 0 amide bonds. The van der Waals surface area contributed by atoms with E-state index in [0.29, 0.717) is 17.8 Å². The number of anilines is 1. The van der Waals surface area contributed by atoms with Crippen molar-refractivity contribution >= 4 is 27.5 Å². The Bertz CT molecular complexity index is 1930.